The van der Waals surface area contributed by atoms with E-state index in [-0.39, 0.29) is 0 Å². The Kier molecular flexibility index (Phi) is 4.54. The Hall–Kier alpha value is -1.41. The molecule has 1 heterocycles. The standard InChI is InChI=1S/C15H22N4/c1-12(14-5-3-13(9-16)4-6-14)19-8-7-18(2)11-15(19)10-17/h3-6,12,15H,7-8,10-11,17H2,1-2H3. The number of hydrogen-bond donors (Lipinski definition) is 1. The van der Waals surface area contributed by atoms with Crippen molar-refractivity contribution in [2.24, 2.45) is 5.73 Å². The predicted molar refractivity (Wildman–Crippen MR) is 76.6 cm³/mol. The third-order valence-corrected chi connectivity index (χ3v) is 4.02. The van der Waals surface area contributed by atoms with Crippen LogP contribution in [0.1, 0.15) is 24.1 Å². The van der Waals surface area contributed by atoms with Gasteiger partial charge in [-0.1, -0.05) is 12.1 Å². The SMILES string of the molecule is CC(c1ccc(C#N)cc1)N1CCN(C)CC1CN. The summed E-state index contributed by atoms with van der Waals surface area (Å²) in [6.45, 7) is 6.05. The van der Waals surface area contributed by atoms with Crippen LogP contribution in [-0.4, -0.2) is 49.1 Å². The Morgan fingerprint density at radius 2 is 2.05 bits per heavy atom. The highest BCUT2D eigenvalue weighted by Gasteiger charge is 2.28. The molecule has 1 fully saturated rings. The minimum Gasteiger partial charge on any atom is -0.329 e. The van der Waals surface area contributed by atoms with Crippen LogP contribution in [0, 0.1) is 11.3 Å². The van der Waals surface area contributed by atoms with Gasteiger partial charge >= 0.3 is 0 Å². The van der Waals surface area contributed by atoms with Crippen LogP contribution in [0.3, 0.4) is 0 Å². The molecule has 0 saturated carbocycles. The summed E-state index contributed by atoms with van der Waals surface area (Å²) in [7, 11) is 2.15. The first-order valence-electron chi connectivity index (χ1n) is 6.80. The third kappa shape index (κ3) is 3.13. The lowest BCUT2D eigenvalue weighted by atomic mass is 10.0. The second-order valence-corrected chi connectivity index (χ2v) is 5.30. The molecule has 0 radical (unpaired) electrons. The van der Waals surface area contributed by atoms with Gasteiger partial charge in [-0.05, 0) is 31.7 Å². The Morgan fingerprint density at radius 1 is 1.37 bits per heavy atom. The van der Waals surface area contributed by atoms with Gasteiger partial charge in [0.2, 0.25) is 0 Å². The van der Waals surface area contributed by atoms with Gasteiger partial charge in [0.1, 0.15) is 0 Å². The van der Waals surface area contributed by atoms with E-state index < -0.39 is 0 Å². The summed E-state index contributed by atoms with van der Waals surface area (Å²) in [6.07, 6.45) is 0. The lowest BCUT2D eigenvalue weighted by Gasteiger charge is -2.43. The van der Waals surface area contributed by atoms with Crippen molar-refractivity contribution in [1.82, 2.24) is 9.80 Å². The molecule has 4 heteroatoms. The average molecular weight is 258 g/mol. The zero-order valence-corrected chi connectivity index (χ0v) is 11.7. The smallest absolute Gasteiger partial charge is 0.0991 e. The van der Waals surface area contributed by atoms with E-state index in [4.69, 9.17) is 11.0 Å². The van der Waals surface area contributed by atoms with Crippen LogP contribution in [0.25, 0.3) is 0 Å². The molecule has 2 atom stereocenters. The number of rotatable bonds is 3. The number of piperazine rings is 1. The Balaban J connectivity index is 2.13. The molecular weight excluding hydrogens is 236 g/mol. The molecule has 19 heavy (non-hydrogen) atoms. The quantitative estimate of drug-likeness (QED) is 0.885. The zero-order chi connectivity index (χ0) is 13.8. The van der Waals surface area contributed by atoms with Gasteiger partial charge in [-0.2, -0.15) is 5.26 Å². The van der Waals surface area contributed by atoms with Crippen molar-refractivity contribution in [3.63, 3.8) is 0 Å². The van der Waals surface area contributed by atoms with Gasteiger partial charge in [0.15, 0.2) is 0 Å². The molecule has 0 bridgehead atoms. The summed E-state index contributed by atoms with van der Waals surface area (Å²) >= 11 is 0. The molecule has 1 saturated heterocycles. The minimum atomic E-state index is 0.343. The monoisotopic (exact) mass is 258 g/mol. The van der Waals surface area contributed by atoms with Crippen LogP contribution in [0.15, 0.2) is 24.3 Å². The van der Waals surface area contributed by atoms with Gasteiger partial charge in [0.05, 0.1) is 11.6 Å². The van der Waals surface area contributed by atoms with E-state index in [2.05, 4.69) is 42.0 Å². The third-order valence-electron chi connectivity index (χ3n) is 4.02. The zero-order valence-electron chi connectivity index (χ0n) is 11.7. The summed E-state index contributed by atoms with van der Waals surface area (Å²) in [6, 6.07) is 10.8. The summed E-state index contributed by atoms with van der Waals surface area (Å²) in [4.78, 5) is 4.81. The van der Waals surface area contributed by atoms with Crippen LogP contribution >= 0.6 is 0 Å². The van der Waals surface area contributed by atoms with Crippen molar-refractivity contribution in [3.05, 3.63) is 35.4 Å². The largest absolute Gasteiger partial charge is 0.329 e. The summed E-state index contributed by atoms with van der Waals surface area (Å²) < 4.78 is 0. The highest BCUT2D eigenvalue weighted by Crippen LogP contribution is 2.24. The molecular formula is C15H22N4. The second kappa shape index (κ2) is 6.16. The van der Waals surface area contributed by atoms with Crippen LogP contribution in [0.5, 0.6) is 0 Å². The van der Waals surface area contributed by atoms with Crippen LogP contribution < -0.4 is 5.73 Å². The first-order chi connectivity index (χ1) is 9.15. The Labute approximate surface area is 115 Å². The van der Waals surface area contributed by atoms with Crippen LogP contribution in [0.2, 0.25) is 0 Å². The molecule has 0 spiro atoms. The topological polar surface area (TPSA) is 56.3 Å². The molecule has 2 N–H and O–H groups in total. The summed E-state index contributed by atoms with van der Waals surface area (Å²) in [5.41, 5.74) is 7.87. The Morgan fingerprint density at radius 3 is 2.63 bits per heavy atom. The highest BCUT2D eigenvalue weighted by atomic mass is 15.3. The molecule has 0 aliphatic carbocycles. The van der Waals surface area contributed by atoms with E-state index in [1.165, 1.54) is 5.56 Å². The van der Waals surface area contributed by atoms with E-state index in [9.17, 15) is 0 Å². The van der Waals surface area contributed by atoms with Crippen molar-refractivity contribution in [3.8, 4) is 6.07 Å². The first-order valence-corrected chi connectivity index (χ1v) is 6.80. The minimum absolute atomic E-state index is 0.343. The van der Waals surface area contributed by atoms with E-state index in [0.717, 1.165) is 19.6 Å². The summed E-state index contributed by atoms with van der Waals surface area (Å²) in [5.74, 6) is 0. The number of likely N-dealkylation sites (N-methyl/N-ethyl adjacent to an activating group) is 1. The molecule has 1 aliphatic heterocycles. The van der Waals surface area contributed by atoms with Gasteiger partial charge in [0.25, 0.3) is 0 Å². The molecule has 2 rings (SSSR count). The van der Waals surface area contributed by atoms with E-state index in [0.29, 0.717) is 24.2 Å². The van der Waals surface area contributed by atoms with Crippen molar-refractivity contribution < 1.29 is 0 Å². The highest BCUT2D eigenvalue weighted by molar-refractivity contribution is 5.32. The average Bonchev–Trinajstić information content (AvgIpc) is 2.46. The number of hydrogen-bond acceptors (Lipinski definition) is 4. The molecule has 1 aliphatic rings. The molecule has 2 unspecified atom stereocenters. The van der Waals surface area contributed by atoms with Crippen molar-refractivity contribution >= 4 is 0 Å². The molecule has 102 valence electrons. The van der Waals surface area contributed by atoms with Gasteiger partial charge in [-0.15, -0.1) is 0 Å². The van der Waals surface area contributed by atoms with Crippen molar-refractivity contribution in [2.45, 2.75) is 19.0 Å². The lowest BCUT2D eigenvalue weighted by molar-refractivity contribution is 0.0621. The van der Waals surface area contributed by atoms with E-state index >= 15 is 0 Å². The van der Waals surface area contributed by atoms with Gasteiger partial charge < -0.3 is 10.6 Å². The van der Waals surface area contributed by atoms with E-state index in [1.807, 2.05) is 12.1 Å². The number of nitrogens with zero attached hydrogens (tertiary/aromatic N) is 3. The van der Waals surface area contributed by atoms with Crippen molar-refractivity contribution in [2.75, 3.05) is 33.2 Å². The number of nitrogens with two attached hydrogens (primary N) is 1. The fourth-order valence-corrected chi connectivity index (χ4v) is 2.77. The predicted octanol–water partition coefficient (Wildman–Crippen LogP) is 1.19. The van der Waals surface area contributed by atoms with Crippen LogP contribution in [-0.2, 0) is 0 Å². The van der Waals surface area contributed by atoms with Gasteiger partial charge in [-0.3, -0.25) is 4.90 Å². The number of nitriles is 1. The number of benzene rings is 1. The maximum Gasteiger partial charge on any atom is 0.0991 e. The molecule has 1 aromatic carbocycles. The second-order valence-electron chi connectivity index (χ2n) is 5.30. The lowest BCUT2D eigenvalue weighted by Crippen LogP contribution is -2.55. The first kappa shape index (κ1) is 14.0. The summed E-state index contributed by atoms with van der Waals surface area (Å²) in [5, 5.41) is 8.84. The van der Waals surface area contributed by atoms with Crippen molar-refractivity contribution in [1.29, 1.82) is 5.26 Å². The van der Waals surface area contributed by atoms with E-state index in [1.54, 1.807) is 0 Å². The maximum absolute atomic E-state index is 8.84. The maximum atomic E-state index is 8.84. The molecule has 1 aromatic rings. The molecule has 0 aromatic heterocycles. The fraction of sp³-hybridized carbons (Fsp3) is 0.533. The molecule has 0 amide bonds. The normalized spacial score (nSPS) is 22.9. The van der Waals surface area contributed by atoms with Gasteiger partial charge in [-0.25, -0.2) is 0 Å². The van der Waals surface area contributed by atoms with Gasteiger partial charge in [0, 0.05) is 38.3 Å². The fourth-order valence-electron chi connectivity index (χ4n) is 2.77. The Bertz CT molecular complexity index is 448. The molecule has 4 nitrogen and oxygen atoms in total. The van der Waals surface area contributed by atoms with Crippen LogP contribution in [0.4, 0.5) is 0 Å².